The molecule has 1 fully saturated rings. The first kappa shape index (κ1) is 13.5. The van der Waals surface area contributed by atoms with Crippen molar-refractivity contribution in [1.29, 1.82) is 0 Å². The Kier molecular flexibility index (Phi) is 4.05. The normalized spacial score (nSPS) is 23.5. The van der Waals surface area contributed by atoms with Crippen LogP contribution in [0.4, 0.5) is 0 Å². The van der Waals surface area contributed by atoms with E-state index in [2.05, 4.69) is 11.5 Å². The van der Waals surface area contributed by atoms with E-state index in [9.17, 15) is 9.90 Å². The summed E-state index contributed by atoms with van der Waals surface area (Å²) in [6, 6.07) is 2.28. The van der Waals surface area contributed by atoms with Crippen molar-refractivity contribution >= 4 is 17.7 Å². The van der Waals surface area contributed by atoms with Crippen molar-refractivity contribution < 1.29 is 9.90 Å². The molecule has 0 amide bonds. The number of hydrogen-bond donors (Lipinski definition) is 1. The number of aromatic carboxylic acids is 1. The maximum Gasteiger partial charge on any atom is 0.337 e. The van der Waals surface area contributed by atoms with Gasteiger partial charge in [-0.3, -0.25) is 0 Å². The molecule has 1 aliphatic rings. The summed E-state index contributed by atoms with van der Waals surface area (Å²) in [4.78, 5) is 11.2. The summed E-state index contributed by atoms with van der Waals surface area (Å²) in [6.07, 6.45) is 3.68. The summed E-state index contributed by atoms with van der Waals surface area (Å²) < 4.78 is 2.25. The predicted octanol–water partition coefficient (Wildman–Crippen LogP) is 3.65. The van der Waals surface area contributed by atoms with Crippen molar-refractivity contribution in [2.75, 3.05) is 5.75 Å². The molecule has 0 spiro atoms. The Balaban J connectivity index is 2.35. The minimum Gasteiger partial charge on any atom is -0.478 e. The Labute approximate surface area is 113 Å². The average Bonchev–Trinajstić information content (AvgIpc) is 2.84. The fourth-order valence-corrected chi connectivity index (χ4v) is 4.36. The molecule has 0 saturated heterocycles. The van der Waals surface area contributed by atoms with Gasteiger partial charge in [0.1, 0.15) is 0 Å². The molecule has 2 rings (SSSR count). The molecular weight excluding hydrogens is 246 g/mol. The van der Waals surface area contributed by atoms with Gasteiger partial charge in [-0.2, -0.15) is 11.8 Å². The van der Waals surface area contributed by atoms with Crippen LogP contribution in [0, 0.1) is 13.8 Å². The number of aryl methyl sites for hydroxylation is 1. The van der Waals surface area contributed by atoms with Crippen molar-refractivity contribution in [2.24, 2.45) is 0 Å². The first-order valence-corrected chi connectivity index (χ1v) is 7.64. The van der Waals surface area contributed by atoms with Crippen molar-refractivity contribution in [2.45, 2.75) is 51.3 Å². The summed E-state index contributed by atoms with van der Waals surface area (Å²) in [5.74, 6) is 0.318. The second kappa shape index (κ2) is 5.39. The highest BCUT2D eigenvalue weighted by Gasteiger charge is 2.31. The molecule has 3 nitrogen and oxygen atoms in total. The molecule has 2 unspecified atom stereocenters. The van der Waals surface area contributed by atoms with Gasteiger partial charge in [-0.15, -0.1) is 0 Å². The third kappa shape index (κ3) is 2.30. The SMILES string of the molecule is CCSC1CCCC1n1c(C)cc(C(=O)O)c1C. The van der Waals surface area contributed by atoms with Crippen LogP contribution >= 0.6 is 11.8 Å². The number of rotatable bonds is 4. The van der Waals surface area contributed by atoms with E-state index >= 15 is 0 Å². The zero-order valence-corrected chi connectivity index (χ0v) is 12.1. The number of thioether (sulfide) groups is 1. The van der Waals surface area contributed by atoms with Gasteiger partial charge in [-0.25, -0.2) is 4.79 Å². The van der Waals surface area contributed by atoms with Crippen LogP contribution in [-0.2, 0) is 0 Å². The summed E-state index contributed by atoms with van der Waals surface area (Å²) >= 11 is 2.01. The largest absolute Gasteiger partial charge is 0.478 e. The van der Waals surface area contributed by atoms with E-state index in [-0.39, 0.29) is 0 Å². The summed E-state index contributed by atoms with van der Waals surface area (Å²) in [5.41, 5.74) is 2.45. The maximum absolute atomic E-state index is 11.2. The van der Waals surface area contributed by atoms with E-state index < -0.39 is 5.97 Å². The standard InChI is InChI=1S/C14H21NO2S/c1-4-18-13-7-5-6-12(13)15-9(2)8-11(10(15)3)14(16)17/h8,12-13H,4-7H2,1-3H3,(H,16,17). The Hall–Kier alpha value is -0.900. The van der Waals surface area contributed by atoms with Crippen molar-refractivity contribution in [1.82, 2.24) is 4.57 Å². The topological polar surface area (TPSA) is 42.2 Å². The Morgan fingerprint density at radius 1 is 1.50 bits per heavy atom. The molecule has 18 heavy (non-hydrogen) atoms. The molecule has 1 aromatic rings. The van der Waals surface area contributed by atoms with Gasteiger partial charge in [0.2, 0.25) is 0 Å². The maximum atomic E-state index is 11.2. The average molecular weight is 267 g/mol. The van der Waals surface area contributed by atoms with Crippen LogP contribution in [-0.4, -0.2) is 26.6 Å². The molecule has 1 aliphatic carbocycles. The smallest absolute Gasteiger partial charge is 0.337 e. The van der Waals surface area contributed by atoms with E-state index in [1.165, 1.54) is 19.3 Å². The number of nitrogens with zero attached hydrogens (tertiary/aromatic N) is 1. The number of carbonyl (C=O) groups is 1. The molecular formula is C14H21NO2S. The zero-order chi connectivity index (χ0) is 13.3. The Bertz CT molecular complexity index is 453. The highest BCUT2D eigenvalue weighted by atomic mass is 32.2. The van der Waals surface area contributed by atoms with Gasteiger partial charge in [0, 0.05) is 22.7 Å². The highest BCUT2D eigenvalue weighted by Crippen LogP contribution is 2.40. The van der Waals surface area contributed by atoms with Crippen LogP contribution in [0.2, 0.25) is 0 Å². The molecule has 0 radical (unpaired) electrons. The Morgan fingerprint density at radius 3 is 2.78 bits per heavy atom. The van der Waals surface area contributed by atoms with Crippen LogP contribution in [0.1, 0.15) is 54.0 Å². The van der Waals surface area contributed by atoms with E-state index in [1.54, 1.807) is 0 Å². The van der Waals surface area contributed by atoms with Gasteiger partial charge < -0.3 is 9.67 Å². The third-order valence-electron chi connectivity index (χ3n) is 3.84. The second-order valence-electron chi connectivity index (χ2n) is 4.95. The summed E-state index contributed by atoms with van der Waals surface area (Å²) in [6.45, 7) is 6.14. The van der Waals surface area contributed by atoms with Gasteiger partial charge in [-0.1, -0.05) is 13.3 Å². The van der Waals surface area contributed by atoms with Crippen molar-refractivity contribution in [3.63, 3.8) is 0 Å². The molecule has 100 valence electrons. The van der Waals surface area contributed by atoms with Crippen LogP contribution < -0.4 is 0 Å². The molecule has 1 aromatic heterocycles. The van der Waals surface area contributed by atoms with Gasteiger partial charge in [0.15, 0.2) is 0 Å². The van der Waals surface area contributed by atoms with Crippen molar-refractivity contribution in [3.05, 3.63) is 23.0 Å². The monoisotopic (exact) mass is 267 g/mol. The second-order valence-corrected chi connectivity index (χ2v) is 6.47. The van der Waals surface area contributed by atoms with E-state index in [0.717, 1.165) is 17.1 Å². The molecule has 2 atom stereocenters. The lowest BCUT2D eigenvalue weighted by atomic mass is 10.2. The van der Waals surface area contributed by atoms with Gasteiger partial charge in [0.05, 0.1) is 5.56 Å². The quantitative estimate of drug-likeness (QED) is 0.905. The minimum absolute atomic E-state index is 0.458. The molecule has 4 heteroatoms. The van der Waals surface area contributed by atoms with Crippen LogP contribution in [0.15, 0.2) is 6.07 Å². The van der Waals surface area contributed by atoms with E-state index in [4.69, 9.17) is 0 Å². The van der Waals surface area contributed by atoms with Gasteiger partial charge >= 0.3 is 5.97 Å². The predicted molar refractivity (Wildman–Crippen MR) is 75.7 cm³/mol. The number of carboxylic acid groups (broad SMARTS) is 1. The fraction of sp³-hybridized carbons (Fsp3) is 0.643. The number of aromatic nitrogens is 1. The fourth-order valence-electron chi connectivity index (χ4n) is 3.11. The first-order chi connectivity index (χ1) is 8.56. The van der Waals surface area contributed by atoms with E-state index in [0.29, 0.717) is 16.9 Å². The van der Waals surface area contributed by atoms with Gasteiger partial charge in [0.25, 0.3) is 0 Å². The molecule has 0 aromatic carbocycles. The van der Waals surface area contributed by atoms with E-state index in [1.807, 2.05) is 31.7 Å². The number of carboxylic acids is 1. The zero-order valence-electron chi connectivity index (χ0n) is 11.3. The van der Waals surface area contributed by atoms with Crippen molar-refractivity contribution in [3.8, 4) is 0 Å². The highest BCUT2D eigenvalue weighted by molar-refractivity contribution is 7.99. The van der Waals surface area contributed by atoms with Crippen LogP contribution in [0.25, 0.3) is 0 Å². The number of hydrogen-bond acceptors (Lipinski definition) is 2. The molecule has 1 heterocycles. The molecule has 1 saturated carbocycles. The molecule has 0 aliphatic heterocycles. The summed E-state index contributed by atoms with van der Waals surface area (Å²) in [7, 11) is 0. The summed E-state index contributed by atoms with van der Waals surface area (Å²) in [5, 5.41) is 9.84. The minimum atomic E-state index is -0.813. The van der Waals surface area contributed by atoms with Gasteiger partial charge in [-0.05, 0) is 38.5 Å². The van der Waals surface area contributed by atoms with Crippen LogP contribution in [0.3, 0.4) is 0 Å². The Morgan fingerprint density at radius 2 is 2.22 bits per heavy atom. The lowest BCUT2D eigenvalue weighted by molar-refractivity contribution is 0.0696. The molecule has 1 N–H and O–H groups in total. The lowest BCUT2D eigenvalue weighted by Crippen LogP contribution is -2.19. The lowest BCUT2D eigenvalue weighted by Gasteiger charge is -2.24. The third-order valence-corrected chi connectivity index (χ3v) is 5.16. The van der Waals surface area contributed by atoms with Crippen LogP contribution in [0.5, 0.6) is 0 Å². The molecule has 0 bridgehead atoms. The first-order valence-electron chi connectivity index (χ1n) is 6.59.